The van der Waals surface area contributed by atoms with E-state index in [9.17, 15) is 13.9 Å². The van der Waals surface area contributed by atoms with E-state index in [1.54, 1.807) is 0 Å². The van der Waals surface area contributed by atoms with Crippen LogP contribution in [0, 0.1) is 11.6 Å². The SMILES string of the molecule is OC(CNC1Cc2ccccc2C1)c1ccc(F)cc1F. The van der Waals surface area contributed by atoms with Crippen LogP contribution in [0.4, 0.5) is 8.78 Å². The Kier molecular flexibility index (Phi) is 3.99. The lowest BCUT2D eigenvalue weighted by Gasteiger charge is -2.17. The lowest BCUT2D eigenvalue weighted by Crippen LogP contribution is -2.33. The van der Waals surface area contributed by atoms with Crippen molar-refractivity contribution in [1.29, 1.82) is 0 Å². The third-order valence-corrected chi connectivity index (χ3v) is 3.97. The molecule has 21 heavy (non-hydrogen) atoms. The van der Waals surface area contributed by atoms with Gasteiger partial charge >= 0.3 is 0 Å². The van der Waals surface area contributed by atoms with Gasteiger partial charge in [0.05, 0.1) is 6.10 Å². The number of halogens is 2. The fraction of sp³-hybridized carbons (Fsp3) is 0.294. The molecule has 0 radical (unpaired) electrons. The maximum Gasteiger partial charge on any atom is 0.131 e. The highest BCUT2D eigenvalue weighted by Gasteiger charge is 2.22. The fourth-order valence-corrected chi connectivity index (χ4v) is 2.86. The van der Waals surface area contributed by atoms with Crippen LogP contribution in [0.25, 0.3) is 0 Å². The van der Waals surface area contributed by atoms with Crippen LogP contribution in [0.3, 0.4) is 0 Å². The quantitative estimate of drug-likeness (QED) is 0.907. The summed E-state index contributed by atoms with van der Waals surface area (Å²) in [6.07, 6.45) is 0.846. The molecule has 0 saturated heterocycles. The minimum Gasteiger partial charge on any atom is -0.387 e. The zero-order chi connectivity index (χ0) is 14.8. The van der Waals surface area contributed by atoms with Crippen molar-refractivity contribution in [2.75, 3.05) is 6.54 Å². The zero-order valence-corrected chi connectivity index (χ0v) is 11.5. The summed E-state index contributed by atoms with van der Waals surface area (Å²) in [6, 6.07) is 11.7. The van der Waals surface area contributed by atoms with Crippen molar-refractivity contribution in [2.24, 2.45) is 0 Å². The van der Waals surface area contributed by atoms with Gasteiger partial charge in [-0.15, -0.1) is 0 Å². The Hall–Kier alpha value is -1.78. The van der Waals surface area contributed by atoms with Crippen molar-refractivity contribution in [3.05, 3.63) is 70.8 Å². The van der Waals surface area contributed by atoms with E-state index >= 15 is 0 Å². The fourth-order valence-electron chi connectivity index (χ4n) is 2.86. The Labute approximate surface area is 122 Å². The molecule has 4 heteroatoms. The Balaban J connectivity index is 1.59. The van der Waals surface area contributed by atoms with Crippen LogP contribution in [-0.4, -0.2) is 17.7 Å². The first kappa shape index (κ1) is 14.2. The molecule has 1 aliphatic carbocycles. The average Bonchev–Trinajstić information content (AvgIpc) is 2.87. The van der Waals surface area contributed by atoms with Crippen molar-refractivity contribution in [1.82, 2.24) is 5.32 Å². The summed E-state index contributed by atoms with van der Waals surface area (Å²) in [7, 11) is 0. The highest BCUT2D eigenvalue weighted by molar-refractivity contribution is 5.33. The van der Waals surface area contributed by atoms with E-state index in [4.69, 9.17) is 0 Å². The molecular weight excluding hydrogens is 272 g/mol. The molecule has 0 saturated carbocycles. The number of nitrogens with one attached hydrogen (secondary N) is 1. The summed E-state index contributed by atoms with van der Waals surface area (Å²) in [4.78, 5) is 0. The van der Waals surface area contributed by atoms with Crippen LogP contribution in [0.15, 0.2) is 42.5 Å². The standard InChI is InChI=1S/C17H17F2NO/c18-13-5-6-15(16(19)9-13)17(21)10-20-14-7-11-3-1-2-4-12(11)8-14/h1-6,9,14,17,20-21H,7-8,10H2. The van der Waals surface area contributed by atoms with E-state index in [0.29, 0.717) is 0 Å². The van der Waals surface area contributed by atoms with Gasteiger partial charge in [-0.1, -0.05) is 30.3 Å². The summed E-state index contributed by atoms with van der Waals surface area (Å²) in [5.41, 5.74) is 2.76. The molecule has 2 aromatic carbocycles. The maximum atomic E-state index is 13.6. The predicted octanol–water partition coefficient (Wildman–Crippen LogP) is 2.76. The summed E-state index contributed by atoms with van der Waals surface area (Å²) in [5.74, 6) is -1.35. The number of fused-ring (bicyclic) bond motifs is 1. The minimum absolute atomic E-state index is 0.124. The number of aliphatic hydroxyl groups is 1. The second-order valence-electron chi connectivity index (χ2n) is 5.46. The lowest BCUT2D eigenvalue weighted by molar-refractivity contribution is 0.165. The van der Waals surface area contributed by atoms with Gasteiger partial charge in [0.1, 0.15) is 11.6 Å². The molecule has 0 fully saturated rings. The Bertz CT molecular complexity index is 619. The number of benzene rings is 2. The first-order valence-corrected chi connectivity index (χ1v) is 7.06. The van der Waals surface area contributed by atoms with Crippen molar-refractivity contribution in [2.45, 2.75) is 25.0 Å². The van der Waals surface area contributed by atoms with E-state index in [1.165, 1.54) is 17.2 Å². The molecule has 2 aromatic rings. The topological polar surface area (TPSA) is 32.3 Å². The summed E-state index contributed by atoms with van der Waals surface area (Å²) >= 11 is 0. The molecular formula is C17H17F2NO. The number of hydrogen-bond donors (Lipinski definition) is 2. The summed E-state index contributed by atoms with van der Waals surface area (Å²) < 4.78 is 26.4. The van der Waals surface area contributed by atoms with Crippen LogP contribution in [0.1, 0.15) is 22.8 Å². The Morgan fingerprint density at radius 2 is 1.76 bits per heavy atom. The van der Waals surface area contributed by atoms with Gasteiger partial charge in [-0.2, -0.15) is 0 Å². The predicted molar refractivity (Wildman–Crippen MR) is 77.0 cm³/mol. The van der Waals surface area contributed by atoms with E-state index in [2.05, 4.69) is 17.4 Å². The molecule has 0 aromatic heterocycles. The smallest absolute Gasteiger partial charge is 0.131 e. The van der Waals surface area contributed by atoms with Gasteiger partial charge in [0.15, 0.2) is 0 Å². The Morgan fingerprint density at radius 1 is 1.10 bits per heavy atom. The van der Waals surface area contributed by atoms with Crippen LogP contribution in [-0.2, 0) is 12.8 Å². The summed E-state index contributed by atoms with van der Waals surface area (Å²) in [6.45, 7) is 0.251. The molecule has 0 amide bonds. The number of rotatable bonds is 4. The molecule has 3 rings (SSSR count). The molecule has 1 aliphatic rings. The third kappa shape index (κ3) is 3.12. The van der Waals surface area contributed by atoms with Crippen LogP contribution in [0.2, 0.25) is 0 Å². The van der Waals surface area contributed by atoms with Crippen molar-refractivity contribution in [3.63, 3.8) is 0 Å². The van der Waals surface area contributed by atoms with Gasteiger partial charge in [0.2, 0.25) is 0 Å². The molecule has 0 heterocycles. The Morgan fingerprint density at radius 3 is 2.38 bits per heavy atom. The van der Waals surface area contributed by atoms with E-state index in [0.717, 1.165) is 25.0 Å². The molecule has 1 atom stereocenters. The highest BCUT2D eigenvalue weighted by Crippen LogP contribution is 2.23. The normalized spacial score (nSPS) is 16.0. The van der Waals surface area contributed by atoms with Gasteiger partial charge in [0.25, 0.3) is 0 Å². The molecule has 0 aliphatic heterocycles. The number of aliphatic hydroxyl groups excluding tert-OH is 1. The van der Waals surface area contributed by atoms with E-state index in [1.807, 2.05) is 12.1 Å². The first-order chi connectivity index (χ1) is 10.1. The largest absolute Gasteiger partial charge is 0.387 e. The van der Waals surface area contributed by atoms with Crippen LogP contribution >= 0.6 is 0 Å². The molecule has 2 nitrogen and oxygen atoms in total. The highest BCUT2D eigenvalue weighted by atomic mass is 19.1. The second-order valence-corrected chi connectivity index (χ2v) is 5.46. The average molecular weight is 289 g/mol. The van der Waals surface area contributed by atoms with Gasteiger partial charge in [0, 0.05) is 24.2 Å². The minimum atomic E-state index is -0.977. The molecule has 0 spiro atoms. The molecule has 2 N–H and O–H groups in total. The van der Waals surface area contributed by atoms with Crippen LogP contribution in [0.5, 0.6) is 0 Å². The monoisotopic (exact) mass is 289 g/mol. The third-order valence-electron chi connectivity index (χ3n) is 3.97. The maximum absolute atomic E-state index is 13.6. The van der Waals surface area contributed by atoms with Gasteiger partial charge in [-0.3, -0.25) is 0 Å². The van der Waals surface area contributed by atoms with Crippen molar-refractivity contribution in [3.8, 4) is 0 Å². The van der Waals surface area contributed by atoms with E-state index in [-0.39, 0.29) is 18.2 Å². The van der Waals surface area contributed by atoms with Gasteiger partial charge < -0.3 is 10.4 Å². The molecule has 0 bridgehead atoms. The van der Waals surface area contributed by atoms with Crippen molar-refractivity contribution >= 4 is 0 Å². The van der Waals surface area contributed by atoms with E-state index < -0.39 is 17.7 Å². The summed E-state index contributed by atoms with van der Waals surface area (Å²) in [5, 5.41) is 13.3. The second kappa shape index (κ2) is 5.92. The van der Waals surface area contributed by atoms with Crippen LogP contribution < -0.4 is 5.32 Å². The van der Waals surface area contributed by atoms with Crippen molar-refractivity contribution < 1.29 is 13.9 Å². The number of hydrogen-bond acceptors (Lipinski definition) is 2. The molecule has 1 unspecified atom stereocenters. The van der Waals surface area contributed by atoms with Gasteiger partial charge in [-0.05, 0) is 30.0 Å². The first-order valence-electron chi connectivity index (χ1n) is 7.06. The zero-order valence-electron chi connectivity index (χ0n) is 11.5. The molecule has 110 valence electrons. The van der Waals surface area contributed by atoms with Gasteiger partial charge in [-0.25, -0.2) is 8.78 Å². The lowest BCUT2D eigenvalue weighted by atomic mass is 10.1.